The molecule has 0 N–H and O–H groups in total. The van der Waals surface area contributed by atoms with E-state index in [2.05, 4.69) is 34.6 Å². The predicted molar refractivity (Wildman–Crippen MR) is 87.0 cm³/mol. The first-order valence-electron chi connectivity index (χ1n) is 8.43. The van der Waals surface area contributed by atoms with Crippen molar-refractivity contribution in [3.8, 4) is 0 Å². The third-order valence-corrected chi connectivity index (χ3v) is 4.44. The zero-order chi connectivity index (χ0) is 15.6. The van der Waals surface area contributed by atoms with E-state index in [1.54, 1.807) is 7.11 Å². The molecule has 1 atom stereocenters. The van der Waals surface area contributed by atoms with E-state index in [4.69, 9.17) is 4.74 Å². The Bertz CT molecular complexity index is 250. The van der Waals surface area contributed by atoms with Crippen molar-refractivity contribution < 1.29 is 9.53 Å². The van der Waals surface area contributed by atoms with Crippen molar-refractivity contribution in [1.82, 2.24) is 0 Å². The second-order valence-corrected chi connectivity index (χ2v) is 6.91. The minimum atomic E-state index is -0.262. The van der Waals surface area contributed by atoms with Crippen molar-refractivity contribution in [3.63, 3.8) is 0 Å². The van der Waals surface area contributed by atoms with Crippen molar-refractivity contribution in [3.05, 3.63) is 0 Å². The van der Waals surface area contributed by atoms with Crippen LogP contribution >= 0.6 is 0 Å². The Morgan fingerprint density at radius 2 is 1.75 bits per heavy atom. The fourth-order valence-electron chi connectivity index (χ4n) is 3.04. The zero-order valence-corrected chi connectivity index (χ0v) is 14.6. The molecule has 0 fully saturated rings. The summed E-state index contributed by atoms with van der Waals surface area (Å²) in [4.78, 5) is 12.7. The van der Waals surface area contributed by atoms with E-state index in [1.807, 2.05) is 0 Å². The number of rotatable bonds is 12. The standard InChI is InChI=1S/C18H36O2/c1-7-13-18(14-20-6,16(4)5)17(19)12-10-8-9-11-15(2)3/h15-16H,7-14H2,1-6H3. The molecular formula is C18H36O2. The Labute approximate surface area is 126 Å². The van der Waals surface area contributed by atoms with Gasteiger partial charge < -0.3 is 4.74 Å². The monoisotopic (exact) mass is 284 g/mol. The third-order valence-electron chi connectivity index (χ3n) is 4.44. The summed E-state index contributed by atoms with van der Waals surface area (Å²) in [5, 5.41) is 0. The second-order valence-electron chi connectivity index (χ2n) is 6.91. The van der Waals surface area contributed by atoms with Gasteiger partial charge >= 0.3 is 0 Å². The lowest BCUT2D eigenvalue weighted by atomic mass is 9.70. The number of unbranched alkanes of at least 4 members (excludes halogenated alkanes) is 2. The molecule has 2 heteroatoms. The molecule has 0 aliphatic heterocycles. The normalized spacial score (nSPS) is 14.8. The van der Waals surface area contributed by atoms with Gasteiger partial charge in [-0.05, 0) is 24.7 Å². The summed E-state index contributed by atoms with van der Waals surface area (Å²) in [6.45, 7) is 11.6. The minimum absolute atomic E-state index is 0.262. The summed E-state index contributed by atoms with van der Waals surface area (Å²) < 4.78 is 5.38. The maximum atomic E-state index is 12.7. The van der Waals surface area contributed by atoms with Crippen LogP contribution in [0, 0.1) is 17.3 Å². The van der Waals surface area contributed by atoms with Crippen molar-refractivity contribution in [2.45, 2.75) is 79.6 Å². The van der Waals surface area contributed by atoms with Crippen molar-refractivity contribution in [2.24, 2.45) is 17.3 Å². The molecule has 0 saturated heterocycles. The molecule has 20 heavy (non-hydrogen) atoms. The minimum Gasteiger partial charge on any atom is -0.384 e. The molecule has 0 spiro atoms. The van der Waals surface area contributed by atoms with E-state index < -0.39 is 0 Å². The molecule has 0 heterocycles. The summed E-state index contributed by atoms with van der Waals surface area (Å²) in [5.41, 5.74) is -0.262. The van der Waals surface area contributed by atoms with Gasteiger partial charge in [0.2, 0.25) is 0 Å². The lowest BCUT2D eigenvalue weighted by Crippen LogP contribution is -2.40. The molecule has 0 radical (unpaired) electrons. The van der Waals surface area contributed by atoms with Gasteiger partial charge in [0.1, 0.15) is 5.78 Å². The highest BCUT2D eigenvalue weighted by atomic mass is 16.5. The van der Waals surface area contributed by atoms with Crippen molar-refractivity contribution in [2.75, 3.05) is 13.7 Å². The average Bonchev–Trinajstić information content (AvgIpc) is 2.36. The quantitative estimate of drug-likeness (QED) is 0.457. The van der Waals surface area contributed by atoms with Crippen LogP contribution in [-0.2, 0) is 9.53 Å². The van der Waals surface area contributed by atoms with E-state index in [0.29, 0.717) is 18.3 Å². The number of ether oxygens (including phenoxy) is 1. The van der Waals surface area contributed by atoms with Crippen LogP contribution < -0.4 is 0 Å². The van der Waals surface area contributed by atoms with Gasteiger partial charge in [0.15, 0.2) is 0 Å². The third kappa shape index (κ3) is 6.39. The molecule has 0 saturated carbocycles. The average molecular weight is 284 g/mol. The summed E-state index contributed by atoms with van der Waals surface area (Å²) in [7, 11) is 1.71. The Kier molecular flexibility index (Phi) is 10.2. The SMILES string of the molecule is CCCC(COC)(C(=O)CCCCCC(C)C)C(C)C. The van der Waals surface area contributed by atoms with E-state index in [-0.39, 0.29) is 5.41 Å². The molecule has 0 aliphatic carbocycles. The number of ketones is 1. The zero-order valence-electron chi connectivity index (χ0n) is 14.6. The number of carbonyl (C=O) groups excluding carboxylic acids is 1. The van der Waals surface area contributed by atoms with Gasteiger partial charge in [-0.2, -0.15) is 0 Å². The smallest absolute Gasteiger partial charge is 0.141 e. The molecule has 120 valence electrons. The van der Waals surface area contributed by atoms with Gasteiger partial charge in [-0.15, -0.1) is 0 Å². The molecule has 0 amide bonds. The van der Waals surface area contributed by atoms with Crippen LogP contribution in [0.4, 0.5) is 0 Å². The Morgan fingerprint density at radius 3 is 2.20 bits per heavy atom. The number of hydrogen-bond acceptors (Lipinski definition) is 2. The lowest BCUT2D eigenvalue weighted by Gasteiger charge is -2.35. The van der Waals surface area contributed by atoms with Gasteiger partial charge in [-0.1, -0.05) is 60.3 Å². The number of hydrogen-bond donors (Lipinski definition) is 0. The predicted octanol–water partition coefficient (Wildman–Crippen LogP) is 5.25. The molecule has 1 unspecified atom stereocenters. The second kappa shape index (κ2) is 10.4. The lowest BCUT2D eigenvalue weighted by molar-refractivity contribution is -0.136. The van der Waals surface area contributed by atoms with Gasteiger partial charge in [0.25, 0.3) is 0 Å². The van der Waals surface area contributed by atoms with Crippen LogP contribution in [-0.4, -0.2) is 19.5 Å². The van der Waals surface area contributed by atoms with Gasteiger partial charge in [0.05, 0.1) is 12.0 Å². The van der Waals surface area contributed by atoms with Crippen LogP contribution in [0.5, 0.6) is 0 Å². The highest BCUT2D eigenvalue weighted by Gasteiger charge is 2.39. The first-order chi connectivity index (χ1) is 9.40. The highest BCUT2D eigenvalue weighted by Crippen LogP contribution is 2.36. The maximum absolute atomic E-state index is 12.7. The molecule has 0 rings (SSSR count). The van der Waals surface area contributed by atoms with E-state index >= 15 is 0 Å². The van der Waals surface area contributed by atoms with Crippen LogP contribution in [0.2, 0.25) is 0 Å². The molecule has 0 aliphatic rings. The molecule has 0 aromatic carbocycles. The summed E-state index contributed by atoms with van der Waals surface area (Å²) in [6.07, 6.45) is 7.45. The summed E-state index contributed by atoms with van der Waals surface area (Å²) in [6, 6.07) is 0. The van der Waals surface area contributed by atoms with Crippen molar-refractivity contribution >= 4 is 5.78 Å². The van der Waals surface area contributed by atoms with Crippen LogP contribution in [0.25, 0.3) is 0 Å². The Hall–Kier alpha value is -0.370. The summed E-state index contributed by atoms with van der Waals surface area (Å²) >= 11 is 0. The molecule has 0 aromatic rings. The molecular weight excluding hydrogens is 248 g/mol. The largest absolute Gasteiger partial charge is 0.384 e. The van der Waals surface area contributed by atoms with Crippen LogP contribution in [0.3, 0.4) is 0 Å². The maximum Gasteiger partial charge on any atom is 0.141 e. The Morgan fingerprint density at radius 1 is 1.10 bits per heavy atom. The van der Waals surface area contributed by atoms with E-state index in [0.717, 1.165) is 31.6 Å². The molecule has 0 bridgehead atoms. The van der Waals surface area contributed by atoms with Gasteiger partial charge in [0, 0.05) is 13.5 Å². The first kappa shape index (κ1) is 19.6. The van der Waals surface area contributed by atoms with Gasteiger partial charge in [-0.25, -0.2) is 0 Å². The molecule has 2 nitrogen and oxygen atoms in total. The number of methoxy groups -OCH3 is 1. The summed E-state index contributed by atoms with van der Waals surface area (Å²) in [5.74, 6) is 1.54. The topological polar surface area (TPSA) is 26.3 Å². The first-order valence-corrected chi connectivity index (χ1v) is 8.43. The van der Waals surface area contributed by atoms with Crippen molar-refractivity contribution in [1.29, 1.82) is 0 Å². The highest BCUT2D eigenvalue weighted by molar-refractivity contribution is 5.85. The van der Waals surface area contributed by atoms with Crippen LogP contribution in [0.1, 0.15) is 79.6 Å². The van der Waals surface area contributed by atoms with E-state index in [1.165, 1.54) is 19.3 Å². The fraction of sp³-hybridized carbons (Fsp3) is 0.944. The number of Topliss-reactive ketones (excluding diaryl/α,β-unsaturated/α-hetero) is 1. The van der Waals surface area contributed by atoms with Crippen LogP contribution in [0.15, 0.2) is 0 Å². The Balaban J connectivity index is 4.40. The number of carbonyl (C=O) groups is 1. The molecule has 0 aromatic heterocycles. The van der Waals surface area contributed by atoms with Gasteiger partial charge in [-0.3, -0.25) is 4.79 Å². The fourth-order valence-corrected chi connectivity index (χ4v) is 3.04. The van der Waals surface area contributed by atoms with E-state index in [9.17, 15) is 4.79 Å².